The van der Waals surface area contributed by atoms with Crippen LogP contribution in [0.25, 0.3) is 0 Å². The van der Waals surface area contributed by atoms with Gasteiger partial charge in [0.15, 0.2) is 0 Å². The summed E-state index contributed by atoms with van der Waals surface area (Å²) in [5.41, 5.74) is 0.689. The standard InChI is InChI=1S/C16H14N2O5/c1-2-23-16(20)12-6-3-7-13(9-12)17-15(19)11-5-4-8-14(10-11)18(21)22/h3-10H,2H2,1H3,(H,17,19). The van der Waals surface area contributed by atoms with Crippen LogP contribution in [0.1, 0.15) is 27.6 Å². The molecule has 0 aliphatic rings. The summed E-state index contributed by atoms with van der Waals surface area (Å²) in [6.45, 7) is 1.95. The number of amides is 1. The average molecular weight is 314 g/mol. The van der Waals surface area contributed by atoms with Gasteiger partial charge in [-0.2, -0.15) is 0 Å². The van der Waals surface area contributed by atoms with Crippen molar-refractivity contribution in [1.29, 1.82) is 0 Å². The lowest BCUT2D eigenvalue weighted by Crippen LogP contribution is -2.13. The molecule has 0 aromatic heterocycles. The minimum Gasteiger partial charge on any atom is -0.462 e. The number of rotatable bonds is 5. The van der Waals surface area contributed by atoms with Gasteiger partial charge in [-0.25, -0.2) is 4.79 Å². The Hall–Kier alpha value is -3.22. The van der Waals surface area contributed by atoms with Crippen molar-refractivity contribution in [3.8, 4) is 0 Å². The Labute approximate surface area is 132 Å². The molecular weight excluding hydrogens is 300 g/mol. The molecule has 2 aromatic rings. The first-order chi connectivity index (χ1) is 11.0. The summed E-state index contributed by atoms with van der Waals surface area (Å²) >= 11 is 0. The molecule has 0 aliphatic carbocycles. The Bertz CT molecular complexity index is 758. The number of nitro groups is 1. The molecule has 0 spiro atoms. The van der Waals surface area contributed by atoms with E-state index in [0.717, 1.165) is 0 Å². The highest BCUT2D eigenvalue weighted by Crippen LogP contribution is 2.16. The molecular formula is C16H14N2O5. The van der Waals surface area contributed by atoms with Crippen LogP contribution in [-0.4, -0.2) is 23.4 Å². The molecule has 0 fully saturated rings. The lowest BCUT2D eigenvalue weighted by atomic mass is 10.1. The molecule has 0 saturated carbocycles. The van der Waals surface area contributed by atoms with Crippen LogP contribution in [0, 0.1) is 10.1 Å². The van der Waals surface area contributed by atoms with Crippen LogP contribution >= 0.6 is 0 Å². The van der Waals surface area contributed by atoms with Gasteiger partial charge in [0.2, 0.25) is 0 Å². The number of non-ortho nitro benzene ring substituents is 1. The van der Waals surface area contributed by atoms with E-state index >= 15 is 0 Å². The zero-order valence-corrected chi connectivity index (χ0v) is 12.3. The van der Waals surface area contributed by atoms with Crippen LogP contribution in [0.3, 0.4) is 0 Å². The van der Waals surface area contributed by atoms with Crippen molar-refractivity contribution < 1.29 is 19.2 Å². The molecule has 7 nitrogen and oxygen atoms in total. The molecule has 0 bridgehead atoms. The van der Waals surface area contributed by atoms with Gasteiger partial charge in [-0.1, -0.05) is 12.1 Å². The third-order valence-corrected chi connectivity index (χ3v) is 2.95. The molecule has 0 atom stereocenters. The summed E-state index contributed by atoms with van der Waals surface area (Å²) in [5.74, 6) is -0.992. The zero-order chi connectivity index (χ0) is 16.8. The van der Waals surface area contributed by atoms with Crippen molar-refractivity contribution in [2.24, 2.45) is 0 Å². The zero-order valence-electron chi connectivity index (χ0n) is 12.3. The van der Waals surface area contributed by atoms with Gasteiger partial charge in [0.25, 0.3) is 11.6 Å². The normalized spacial score (nSPS) is 9.96. The predicted octanol–water partition coefficient (Wildman–Crippen LogP) is 3.02. The van der Waals surface area contributed by atoms with E-state index in [2.05, 4.69) is 5.32 Å². The first-order valence-electron chi connectivity index (χ1n) is 6.84. The van der Waals surface area contributed by atoms with Crippen LogP contribution in [0.15, 0.2) is 48.5 Å². The molecule has 1 amide bonds. The maximum atomic E-state index is 12.1. The Kier molecular flexibility index (Phi) is 5.03. The van der Waals surface area contributed by atoms with Gasteiger partial charge in [0.1, 0.15) is 0 Å². The Balaban J connectivity index is 2.17. The maximum Gasteiger partial charge on any atom is 0.338 e. The third kappa shape index (κ3) is 4.13. The van der Waals surface area contributed by atoms with Crippen molar-refractivity contribution in [2.45, 2.75) is 6.92 Å². The number of hydrogen-bond acceptors (Lipinski definition) is 5. The van der Waals surface area contributed by atoms with E-state index in [1.54, 1.807) is 25.1 Å². The van der Waals surface area contributed by atoms with Gasteiger partial charge in [-0.15, -0.1) is 0 Å². The monoisotopic (exact) mass is 314 g/mol. The molecule has 2 rings (SSSR count). The van der Waals surface area contributed by atoms with Crippen molar-refractivity contribution in [3.63, 3.8) is 0 Å². The average Bonchev–Trinajstić information content (AvgIpc) is 2.55. The van der Waals surface area contributed by atoms with Crippen molar-refractivity contribution in [2.75, 3.05) is 11.9 Å². The van der Waals surface area contributed by atoms with Gasteiger partial charge >= 0.3 is 5.97 Å². The molecule has 0 aliphatic heterocycles. The molecule has 0 heterocycles. The fraction of sp³-hybridized carbons (Fsp3) is 0.125. The molecule has 1 N–H and O–H groups in total. The second-order valence-electron chi connectivity index (χ2n) is 4.56. The van der Waals surface area contributed by atoms with E-state index in [-0.39, 0.29) is 17.9 Å². The van der Waals surface area contributed by atoms with Crippen LogP contribution < -0.4 is 5.32 Å². The number of nitrogens with one attached hydrogen (secondary N) is 1. The van der Waals surface area contributed by atoms with Gasteiger partial charge in [-0.05, 0) is 31.2 Å². The summed E-state index contributed by atoms with van der Waals surface area (Å²) in [7, 11) is 0. The van der Waals surface area contributed by atoms with Gasteiger partial charge in [-0.3, -0.25) is 14.9 Å². The molecule has 118 valence electrons. The number of esters is 1. The molecule has 0 unspecified atom stereocenters. The predicted molar refractivity (Wildman–Crippen MR) is 83.4 cm³/mol. The number of carbonyl (C=O) groups is 2. The summed E-state index contributed by atoms with van der Waals surface area (Å²) in [4.78, 5) is 34.0. The number of carbonyl (C=O) groups excluding carboxylic acids is 2. The fourth-order valence-corrected chi connectivity index (χ4v) is 1.90. The minimum absolute atomic E-state index is 0.153. The van der Waals surface area contributed by atoms with E-state index in [0.29, 0.717) is 11.3 Å². The largest absolute Gasteiger partial charge is 0.462 e. The quantitative estimate of drug-likeness (QED) is 0.519. The summed E-state index contributed by atoms with van der Waals surface area (Å²) < 4.78 is 4.89. The SMILES string of the molecule is CCOC(=O)c1cccc(NC(=O)c2cccc([N+](=O)[O-])c2)c1. The third-order valence-electron chi connectivity index (χ3n) is 2.95. The number of anilines is 1. The topological polar surface area (TPSA) is 98.5 Å². The van der Waals surface area contributed by atoms with Gasteiger partial charge in [0.05, 0.1) is 17.1 Å². The smallest absolute Gasteiger partial charge is 0.338 e. The first kappa shape index (κ1) is 16.2. The molecule has 23 heavy (non-hydrogen) atoms. The van der Waals surface area contributed by atoms with Crippen molar-refractivity contribution >= 4 is 23.3 Å². The molecule has 2 aromatic carbocycles. The van der Waals surface area contributed by atoms with E-state index in [1.807, 2.05) is 0 Å². The van der Waals surface area contributed by atoms with Crippen molar-refractivity contribution in [1.82, 2.24) is 0 Å². The molecule has 7 heteroatoms. The van der Waals surface area contributed by atoms with Crippen LogP contribution in [-0.2, 0) is 4.74 Å². The Morgan fingerprint density at radius 1 is 1.13 bits per heavy atom. The van der Waals surface area contributed by atoms with Crippen LogP contribution in [0.2, 0.25) is 0 Å². The number of ether oxygens (including phenoxy) is 1. The first-order valence-corrected chi connectivity index (χ1v) is 6.84. The van der Waals surface area contributed by atoms with Gasteiger partial charge < -0.3 is 10.1 Å². The highest BCUT2D eigenvalue weighted by molar-refractivity contribution is 6.05. The number of hydrogen-bond donors (Lipinski definition) is 1. The highest BCUT2D eigenvalue weighted by Gasteiger charge is 2.13. The van der Waals surface area contributed by atoms with Crippen LogP contribution in [0.5, 0.6) is 0 Å². The second-order valence-corrected chi connectivity index (χ2v) is 4.56. The maximum absolute atomic E-state index is 12.1. The highest BCUT2D eigenvalue weighted by atomic mass is 16.6. The van der Waals surface area contributed by atoms with E-state index in [1.165, 1.54) is 30.3 Å². The Morgan fingerprint density at radius 3 is 2.52 bits per heavy atom. The van der Waals surface area contributed by atoms with Gasteiger partial charge in [0, 0.05) is 23.4 Å². The van der Waals surface area contributed by atoms with E-state index in [9.17, 15) is 19.7 Å². The van der Waals surface area contributed by atoms with E-state index < -0.39 is 16.8 Å². The van der Waals surface area contributed by atoms with Crippen LogP contribution in [0.4, 0.5) is 11.4 Å². The summed E-state index contributed by atoms with van der Waals surface area (Å²) in [6, 6.07) is 11.7. The van der Waals surface area contributed by atoms with E-state index in [4.69, 9.17) is 4.74 Å². The fourth-order valence-electron chi connectivity index (χ4n) is 1.90. The summed E-state index contributed by atoms with van der Waals surface area (Å²) in [6.07, 6.45) is 0. The molecule has 0 radical (unpaired) electrons. The number of benzene rings is 2. The lowest BCUT2D eigenvalue weighted by molar-refractivity contribution is -0.384. The minimum atomic E-state index is -0.571. The Morgan fingerprint density at radius 2 is 1.83 bits per heavy atom. The second kappa shape index (κ2) is 7.17. The number of nitro benzene ring substituents is 1. The van der Waals surface area contributed by atoms with Crippen molar-refractivity contribution in [3.05, 3.63) is 69.8 Å². The molecule has 0 saturated heterocycles. The lowest BCUT2D eigenvalue weighted by Gasteiger charge is -2.07. The number of nitrogens with zero attached hydrogens (tertiary/aromatic N) is 1. The summed E-state index contributed by atoms with van der Waals surface area (Å²) in [5, 5.41) is 13.3.